The zero-order valence-corrected chi connectivity index (χ0v) is 9.67. The number of hydrogen-bond acceptors (Lipinski definition) is 3. The van der Waals surface area contributed by atoms with Crippen molar-refractivity contribution in [1.82, 2.24) is 10.5 Å². The molecule has 102 valence electrons. The molecule has 0 radical (unpaired) electrons. The molecule has 3 nitrogen and oxygen atoms in total. The number of halogens is 4. The summed E-state index contributed by atoms with van der Waals surface area (Å²) >= 11 is 0. The number of rotatable bonds is 4. The SMILES string of the molecule is Fc1ccc(CNCc2ccon2)cc1C(F)(F)F. The van der Waals surface area contributed by atoms with E-state index in [1.165, 1.54) is 12.3 Å². The molecule has 2 aromatic rings. The minimum Gasteiger partial charge on any atom is -0.364 e. The molecule has 1 heterocycles. The molecule has 1 aromatic heterocycles. The van der Waals surface area contributed by atoms with Gasteiger partial charge in [-0.05, 0) is 17.7 Å². The third-order valence-corrected chi connectivity index (χ3v) is 2.46. The third kappa shape index (κ3) is 3.54. The van der Waals surface area contributed by atoms with Crippen LogP contribution in [0.4, 0.5) is 17.6 Å². The maximum Gasteiger partial charge on any atom is 0.419 e. The summed E-state index contributed by atoms with van der Waals surface area (Å²) in [7, 11) is 0. The molecule has 0 bridgehead atoms. The summed E-state index contributed by atoms with van der Waals surface area (Å²) in [5.74, 6) is -1.27. The molecule has 0 saturated carbocycles. The molecule has 1 N–H and O–H groups in total. The summed E-state index contributed by atoms with van der Waals surface area (Å²) in [6, 6.07) is 4.56. The van der Waals surface area contributed by atoms with Crippen LogP contribution in [-0.4, -0.2) is 5.16 Å². The molecule has 0 atom stereocenters. The smallest absolute Gasteiger partial charge is 0.364 e. The van der Waals surface area contributed by atoms with E-state index < -0.39 is 17.6 Å². The maximum absolute atomic E-state index is 13.0. The van der Waals surface area contributed by atoms with Gasteiger partial charge >= 0.3 is 6.18 Å². The van der Waals surface area contributed by atoms with Gasteiger partial charge in [0.25, 0.3) is 0 Å². The van der Waals surface area contributed by atoms with E-state index in [9.17, 15) is 17.6 Å². The molecule has 1 aromatic carbocycles. The molecule has 0 aliphatic rings. The fourth-order valence-corrected chi connectivity index (χ4v) is 1.56. The number of nitrogens with zero attached hydrogens (tertiary/aromatic N) is 1. The van der Waals surface area contributed by atoms with Crippen LogP contribution in [0.1, 0.15) is 16.8 Å². The van der Waals surface area contributed by atoms with E-state index in [-0.39, 0.29) is 6.54 Å². The highest BCUT2D eigenvalue weighted by molar-refractivity contribution is 5.27. The van der Waals surface area contributed by atoms with E-state index in [2.05, 4.69) is 15.0 Å². The van der Waals surface area contributed by atoms with Gasteiger partial charge in [-0.2, -0.15) is 13.2 Å². The molecule has 7 heteroatoms. The Bertz CT molecular complexity index is 537. The van der Waals surface area contributed by atoms with Crippen LogP contribution in [0.5, 0.6) is 0 Å². The monoisotopic (exact) mass is 274 g/mol. The minimum atomic E-state index is -4.69. The van der Waals surface area contributed by atoms with Crippen LogP contribution < -0.4 is 5.32 Å². The molecule has 2 rings (SSSR count). The Morgan fingerprint density at radius 2 is 1.95 bits per heavy atom. The van der Waals surface area contributed by atoms with Gasteiger partial charge in [0, 0.05) is 19.2 Å². The van der Waals surface area contributed by atoms with Crippen molar-refractivity contribution < 1.29 is 22.1 Å². The van der Waals surface area contributed by atoms with Crippen LogP contribution in [0.25, 0.3) is 0 Å². The minimum absolute atomic E-state index is 0.177. The van der Waals surface area contributed by atoms with Gasteiger partial charge in [0.05, 0.1) is 11.3 Å². The predicted molar refractivity (Wildman–Crippen MR) is 58.4 cm³/mol. The average Bonchev–Trinajstić information content (AvgIpc) is 2.83. The van der Waals surface area contributed by atoms with Crippen LogP contribution in [0.15, 0.2) is 35.1 Å². The Labute approximate surface area is 106 Å². The van der Waals surface area contributed by atoms with Crippen molar-refractivity contribution in [3.8, 4) is 0 Å². The van der Waals surface area contributed by atoms with Gasteiger partial charge in [0.15, 0.2) is 0 Å². The highest BCUT2D eigenvalue weighted by atomic mass is 19.4. The summed E-state index contributed by atoms with van der Waals surface area (Å²) in [5, 5.41) is 6.53. The molecule has 0 aliphatic heterocycles. The van der Waals surface area contributed by atoms with Crippen molar-refractivity contribution in [2.75, 3.05) is 0 Å². The Hall–Kier alpha value is -1.89. The first-order valence-corrected chi connectivity index (χ1v) is 5.42. The standard InChI is InChI=1S/C12H10F4N2O/c13-11-2-1-8(5-10(11)12(14,15)16)6-17-7-9-3-4-19-18-9/h1-5,17H,6-7H2. The molecular weight excluding hydrogens is 264 g/mol. The fraction of sp³-hybridized carbons (Fsp3) is 0.250. The highest BCUT2D eigenvalue weighted by Gasteiger charge is 2.34. The van der Waals surface area contributed by atoms with Crippen LogP contribution >= 0.6 is 0 Å². The number of benzene rings is 1. The van der Waals surface area contributed by atoms with Gasteiger partial charge in [-0.25, -0.2) is 4.39 Å². The fourth-order valence-electron chi connectivity index (χ4n) is 1.56. The van der Waals surface area contributed by atoms with Crippen molar-refractivity contribution in [2.24, 2.45) is 0 Å². The first kappa shape index (κ1) is 13.5. The zero-order chi connectivity index (χ0) is 13.9. The largest absolute Gasteiger partial charge is 0.419 e. The first-order valence-electron chi connectivity index (χ1n) is 5.42. The van der Waals surface area contributed by atoms with Gasteiger partial charge in [0.1, 0.15) is 12.1 Å². The molecular formula is C12H10F4N2O. The number of nitrogens with one attached hydrogen (secondary N) is 1. The Balaban J connectivity index is 2.01. The van der Waals surface area contributed by atoms with Crippen molar-refractivity contribution in [3.63, 3.8) is 0 Å². The van der Waals surface area contributed by atoms with Gasteiger partial charge < -0.3 is 9.84 Å². The second kappa shape index (κ2) is 5.40. The zero-order valence-electron chi connectivity index (χ0n) is 9.67. The molecule has 0 amide bonds. The summed E-state index contributed by atoms with van der Waals surface area (Å²) in [4.78, 5) is 0. The number of alkyl halides is 3. The Kier molecular flexibility index (Phi) is 3.84. The van der Waals surface area contributed by atoms with Crippen molar-refractivity contribution in [3.05, 3.63) is 53.2 Å². The Morgan fingerprint density at radius 1 is 1.16 bits per heavy atom. The van der Waals surface area contributed by atoms with E-state index in [1.54, 1.807) is 6.07 Å². The number of aromatic nitrogens is 1. The van der Waals surface area contributed by atoms with Crippen molar-refractivity contribution in [1.29, 1.82) is 0 Å². The second-order valence-electron chi connectivity index (χ2n) is 3.91. The molecule has 0 unspecified atom stereocenters. The van der Waals surface area contributed by atoms with E-state index >= 15 is 0 Å². The summed E-state index contributed by atoms with van der Waals surface area (Å²) in [6.45, 7) is 0.533. The quantitative estimate of drug-likeness (QED) is 0.870. The van der Waals surface area contributed by atoms with Gasteiger partial charge in [-0.3, -0.25) is 0 Å². The van der Waals surface area contributed by atoms with Crippen LogP contribution in [0.3, 0.4) is 0 Å². The lowest BCUT2D eigenvalue weighted by molar-refractivity contribution is -0.140. The predicted octanol–water partition coefficient (Wildman–Crippen LogP) is 3.12. The van der Waals surface area contributed by atoms with Crippen LogP contribution in [0, 0.1) is 5.82 Å². The lowest BCUT2D eigenvalue weighted by Crippen LogP contribution is -2.15. The third-order valence-electron chi connectivity index (χ3n) is 2.46. The molecule has 0 spiro atoms. The van der Waals surface area contributed by atoms with E-state index in [4.69, 9.17) is 0 Å². The normalized spacial score (nSPS) is 11.8. The van der Waals surface area contributed by atoms with E-state index in [1.807, 2.05) is 0 Å². The average molecular weight is 274 g/mol. The lowest BCUT2D eigenvalue weighted by Gasteiger charge is -2.10. The van der Waals surface area contributed by atoms with Gasteiger partial charge in [-0.15, -0.1) is 0 Å². The van der Waals surface area contributed by atoms with Crippen LogP contribution in [-0.2, 0) is 19.3 Å². The van der Waals surface area contributed by atoms with Crippen molar-refractivity contribution in [2.45, 2.75) is 19.3 Å². The molecule has 0 saturated heterocycles. The van der Waals surface area contributed by atoms with E-state index in [0.717, 1.165) is 12.1 Å². The van der Waals surface area contributed by atoms with Gasteiger partial charge in [0.2, 0.25) is 0 Å². The summed E-state index contributed by atoms with van der Waals surface area (Å²) in [5.41, 5.74) is -0.274. The molecule has 0 aliphatic carbocycles. The lowest BCUT2D eigenvalue weighted by atomic mass is 10.1. The molecule has 0 fully saturated rings. The summed E-state index contributed by atoms with van der Waals surface area (Å²) in [6.07, 6.45) is -3.29. The number of hydrogen-bond donors (Lipinski definition) is 1. The maximum atomic E-state index is 13.0. The van der Waals surface area contributed by atoms with Crippen molar-refractivity contribution >= 4 is 0 Å². The molecule has 19 heavy (non-hydrogen) atoms. The second-order valence-corrected chi connectivity index (χ2v) is 3.91. The summed E-state index contributed by atoms with van der Waals surface area (Å²) < 4.78 is 55.1. The first-order chi connectivity index (χ1) is 8.97. The van der Waals surface area contributed by atoms with Crippen LogP contribution in [0.2, 0.25) is 0 Å². The highest BCUT2D eigenvalue weighted by Crippen LogP contribution is 2.31. The topological polar surface area (TPSA) is 38.1 Å². The van der Waals surface area contributed by atoms with E-state index in [0.29, 0.717) is 17.8 Å². The Morgan fingerprint density at radius 3 is 2.58 bits per heavy atom. The van der Waals surface area contributed by atoms with Gasteiger partial charge in [-0.1, -0.05) is 11.2 Å².